The van der Waals surface area contributed by atoms with Crippen LogP contribution in [-0.2, 0) is 4.79 Å². The number of hydrogen-bond acceptors (Lipinski definition) is 8. The maximum absolute atomic E-state index is 12.6. The first kappa shape index (κ1) is 24.9. The minimum Gasteiger partial charge on any atom is -0.491 e. The summed E-state index contributed by atoms with van der Waals surface area (Å²) in [6, 6.07) is 15.4. The molecule has 1 amide bonds. The number of amides is 1. The Morgan fingerprint density at radius 1 is 1.17 bits per heavy atom. The minimum absolute atomic E-state index is 0.290. The summed E-state index contributed by atoms with van der Waals surface area (Å²) in [6.45, 7) is 5.42. The number of ether oxygens (including phenoxy) is 1. The fourth-order valence-corrected chi connectivity index (χ4v) is 3.96. The number of benzene rings is 2. The zero-order valence-electron chi connectivity index (χ0n) is 20.1. The zero-order chi connectivity index (χ0) is 25.3. The van der Waals surface area contributed by atoms with Crippen molar-refractivity contribution in [3.05, 3.63) is 67.4 Å². The zero-order valence-corrected chi connectivity index (χ0v) is 20.1. The number of methoxy groups -OCH3 is 1. The number of likely N-dealkylation sites (tertiary alicyclic amines) is 1. The lowest BCUT2D eigenvalue weighted by molar-refractivity contribution is -0.111. The third-order valence-corrected chi connectivity index (χ3v) is 5.74. The summed E-state index contributed by atoms with van der Waals surface area (Å²) in [7, 11) is 1.55. The first-order valence-corrected chi connectivity index (χ1v) is 11.7. The highest BCUT2D eigenvalue weighted by Gasteiger charge is 2.21. The van der Waals surface area contributed by atoms with E-state index in [0.29, 0.717) is 41.5 Å². The van der Waals surface area contributed by atoms with Gasteiger partial charge in [-0.3, -0.25) is 9.69 Å². The number of anilines is 6. The number of rotatable bonds is 11. The van der Waals surface area contributed by atoms with Gasteiger partial charge in [-0.05, 0) is 55.0 Å². The molecule has 1 atom stereocenters. The maximum Gasteiger partial charge on any atom is 0.247 e. The second-order valence-corrected chi connectivity index (χ2v) is 8.33. The first-order valence-electron chi connectivity index (χ1n) is 11.7. The standard InChI is InChI=1S/C26H30FN7O2/c1-3-24(35)30-20-5-4-6-21(15-20)31-25-23(36-2)16-28-26(33-25)32-19-9-7-18(8-10-19)29-22-11-13-34(17-22)14-12-27/h3-10,15-16,22,29H,1,11-14,17H2,2H3,(H,30,35)(H2,28,31,32,33). The third kappa shape index (κ3) is 6.70. The lowest BCUT2D eigenvalue weighted by Crippen LogP contribution is -2.27. The van der Waals surface area contributed by atoms with Gasteiger partial charge in [0.2, 0.25) is 11.9 Å². The molecule has 1 saturated heterocycles. The number of alkyl halides is 1. The molecule has 4 N–H and O–H groups in total. The van der Waals surface area contributed by atoms with Crippen LogP contribution in [0.25, 0.3) is 0 Å². The van der Waals surface area contributed by atoms with E-state index >= 15 is 0 Å². The molecule has 1 aliphatic heterocycles. The van der Waals surface area contributed by atoms with Crippen molar-refractivity contribution in [3.8, 4) is 5.75 Å². The van der Waals surface area contributed by atoms with Crippen molar-refractivity contribution in [2.45, 2.75) is 12.5 Å². The van der Waals surface area contributed by atoms with Crippen LogP contribution in [0.4, 0.5) is 38.9 Å². The molecule has 2 aromatic carbocycles. The van der Waals surface area contributed by atoms with Crippen LogP contribution in [-0.4, -0.2) is 60.2 Å². The van der Waals surface area contributed by atoms with Gasteiger partial charge in [0.05, 0.1) is 13.3 Å². The van der Waals surface area contributed by atoms with E-state index in [1.54, 1.807) is 25.4 Å². The van der Waals surface area contributed by atoms with Crippen molar-refractivity contribution in [2.75, 3.05) is 54.7 Å². The molecule has 1 unspecified atom stereocenters. The van der Waals surface area contributed by atoms with E-state index in [1.807, 2.05) is 36.4 Å². The Morgan fingerprint density at radius 3 is 2.69 bits per heavy atom. The molecule has 0 saturated carbocycles. The third-order valence-electron chi connectivity index (χ3n) is 5.74. The van der Waals surface area contributed by atoms with Gasteiger partial charge in [0.15, 0.2) is 11.6 Å². The summed E-state index contributed by atoms with van der Waals surface area (Å²) in [6.07, 6.45) is 3.80. The van der Waals surface area contributed by atoms with Gasteiger partial charge < -0.3 is 26.0 Å². The van der Waals surface area contributed by atoms with Gasteiger partial charge in [-0.25, -0.2) is 9.37 Å². The van der Waals surface area contributed by atoms with Gasteiger partial charge in [0, 0.05) is 48.4 Å². The maximum atomic E-state index is 12.6. The molecular weight excluding hydrogens is 461 g/mol. The summed E-state index contributed by atoms with van der Waals surface area (Å²) >= 11 is 0. The molecule has 0 bridgehead atoms. The van der Waals surface area contributed by atoms with Crippen molar-refractivity contribution in [1.29, 1.82) is 0 Å². The van der Waals surface area contributed by atoms with E-state index in [1.165, 1.54) is 6.08 Å². The van der Waals surface area contributed by atoms with Gasteiger partial charge in [-0.15, -0.1) is 0 Å². The Bertz CT molecular complexity index is 1190. The lowest BCUT2D eigenvalue weighted by atomic mass is 10.2. The molecule has 1 aliphatic rings. The van der Waals surface area contributed by atoms with E-state index < -0.39 is 0 Å². The van der Waals surface area contributed by atoms with Crippen LogP contribution in [0.5, 0.6) is 5.75 Å². The van der Waals surface area contributed by atoms with Crippen LogP contribution < -0.4 is 26.0 Å². The summed E-state index contributed by atoms with van der Waals surface area (Å²) in [4.78, 5) is 22.6. The average Bonchev–Trinajstić information content (AvgIpc) is 3.32. The molecule has 0 radical (unpaired) electrons. The van der Waals surface area contributed by atoms with Crippen LogP contribution in [0.2, 0.25) is 0 Å². The summed E-state index contributed by atoms with van der Waals surface area (Å²) in [5, 5.41) is 12.7. The van der Waals surface area contributed by atoms with E-state index in [2.05, 4.69) is 42.7 Å². The highest BCUT2D eigenvalue weighted by molar-refractivity contribution is 5.99. The monoisotopic (exact) mass is 491 g/mol. The van der Waals surface area contributed by atoms with Crippen LogP contribution in [0.15, 0.2) is 67.4 Å². The van der Waals surface area contributed by atoms with E-state index in [0.717, 1.165) is 30.9 Å². The quantitative estimate of drug-likeness (QED) is 0.290. The van der Waals surface area contributed by atoms with Crippen molar-refractivity contribution >= 4 is 40.4 Å². The second-order valence-electron chi connectivity index (χ2n) is 8.33. The number of carbonyl (C=O) groups excluding carboxylic acids is 1. The smallest absolute Gasteiger partial charge is 0.247 e. The van der Waals surface area contributed by atoms with E-state index in [-0.39, 0.29) is 12.6 Å². The van der Waals surface area contributed by atoms with Gasteiger partial charge in [0.1, 0.15) is 6.67 Å². The summed E-state index contributed by atoms with van der Waals surface area (Å²) < 4.78 is 18.0. The molecule has 10 heteroatoms. The van der Waals surface area contributed by atoms with Gasteiger partial charge >= 0.3 is 0 Å². The molecular formula is C26H30FN7O2. The van der Waals surface area contributed by atoms with Crippen LogP contribution in [0, 0.1) is 0 Å². The van der Waals surface area contributed by atoms with Crippen LogP contribution in [0.3, 0.4) is 0 Å². The predicted octanol–water partition coefficient (Wildman–Crippen LogP) is 4.55. The number of nitrogens with one attached hydrogen (secondary N) is 4. The number of hydrogen-bond donors (Lipinski definition) is 4. The molecule has 3 aromatic rings. The fraction of sp³-hybridized carbons (Fsp3) is 0.269. The average molecular weight is 492 g/mol. The Kier molecular flexibility index (Phi) is 8.30. The highest BCUT2D eigenvalue weighted by Crippen LogP contribution is 2.28. The van der Waals surface area contributed by atoms with E-state index in [9.17, 15) is 9.18 Å². The van der Waals surface area contributed by atoms with Crippen LogP contribution in [0.1, 0.15) is 6.42 Å². The van der Waals surface area contributed by atoms with Crippen LogP contribution >= 0.6 is 0 Å². The summed E-state index contributed by atoms with van der Waals surface area (Å²) in [5.41, 5.74) is 3.18. The molecule has 1 aromatic heterocycles. The SMILES string of the molecule is C=CC(=O)Nc1cccc(Nc2nc(Nc3ccc(NC4CCN(CCF)C4)cc3)ncc2OC)c1. The normalized spacial score (nSPS) is 15.2. The Morgan fingerprint density at radius 2 is 1.94 bits per heavy atom. The number of nitrogens with zero attached hydrogens (tertiary/aromatic N) is 3. The first-order chi connectivity index (χ1) is 17.6. The highest BCUT2D eigenvalue weighted by atomic mass is 19.1. The molecule has 36 heavy (non-hydrogen) atoms. The van der Waals surface area contributed by atoms with Gasteiger partial charge in [-0.2, -0.15) is 4.98 Å². The number of carbonyl (C=O) groups is 1. The molecule has 4 rings (SSSR count). The Balaban J connectivity index is 1.41. The predicted molar refractivity (Wildman–Crippen MR) is 141 cm³/mol. The number of aromatic nitrogens is 2. The van der Waals surface area contributed by atoms with Gasteiger partial charge in [0.25, 0.3) is 0 Å². The fourth-order valence-electron chi connectivity index (χ4n) is 3.96. The lowest BCUT2D eigenvalue weighted by Gasteiger charge is -2.16. The largest absolute Gasteiger partial charge is 0.491 e. The van der Waals surface area contributed by atoms with Crippen molar-refractivity contribution < 1.29 is 13.9 Å². The molecule has 1 fully saturated rings. The molecule has 2 heterocycles. The topological polar surface area (TPSA) is 103 Å². The minimum atomic E-state index is -0.307. The van der Waals surface area contributed by atoms with Crippen molar-refractivity contribution in [3.63, 3.8) is 0 Å². The van der Waals surface area contributed by atoms with Gasteiger partial charge in [-0.1, -0.05) is 12.6 Å². The Hall–Kier alpha value is -4.18. The molecule has 9 nitrogen and oxygen atoms in total. The molecule has 0 aliphatic carbocycles. The summed E-state index contributed by atoms with van der Waals surface area (Å²) in [5.74, 6) is 1.05. The molecule has 0 spiro atoms. The Labute approximate surface area is 209 Å². The van der Waals surface area contributed by atoms with Crippen molar-refractivity contribution in [2.24, 2.45) is 0 Å². The van der Waals surface area contributed by atoms with E-state index in [4.69, 9.17) is 4.74 Å². The number of halogens is 1. The second kappa shape index (κ2) is 12.0. The van der Waals surface area contributed by atoms with Crippen molar-refractivity contribution in [1.82, 2.24) is 14.9 Å². The molecule has 188 valence electrons.